The number of esters is 1. The topological polar surface area (TPSA) is 26.3 Å². The summed E-state index contributed by atoms with van der Waals surface area (Å²) < 4.78 is 6.13. The van der Waals surface area contributed by atoms with Gasteiger partial charge in [-0.15, -0.1) is 0 Å². The molecule has 2 nitrogen and oxygen atoms in total. The van der Waals surface area contributed by atoms with Crippen LogP contribution < -0.4 is 0 Å². The van der Waals surface area contributed by atoms with E-state index in [1.807, 2.05) is 20.8 Å². The van der Waals surface area contributed by atoms with E-state index in [9.17, 15) is 4.79 Å². The maximum absolute atomic E-state index is 12.0. The average molecular weight is 352 g/mol. The van der Waals surface area contributed by atoms with Crippen LogP contribution in [0.25, 0.3) is 0 Å². The maximum atomic E-state index is 12.0. The molecule has 0 unspecified atom stereocenters. The molecule has 3 heteroatoms. The fraction of sp³-hybridized carbons (Fsp3) is 0.929. The van der Waals surface area contributed by atoms with Crippen molar-refractivity contribution in [2.45, 2.75) is 69.8 Å². The SMILES string of the molecule is C[C@H](I)C1(C)CCC(C(=O)OC(C)(C)C)CC1. The fourth-order valence-corrected chi connectivity index (χ4v) is 2.92. The highest BCUT2D eigenvalue weighted by molar-refractivity contribution is 14.1. The Bertz CT molecular complexity index is 270. The number of alkyl halides is 1. The molecule has 0 aliphatic heterocycles. The third kappa shape index (κ3) is 4.42. The number of carbonyl (C=O) groups excluding carboxylic acids is 1. The lowest BCUT2D eigenvalue weighted by atomic mass is 9.70. The highest BCUT2D eigenvalue weighted by Crippen LogP contribution is 2.44. The van der Waals surface area contributed by atoms with Gasteiger partial charge in [-0.2, -0.15) is 0 Å². The Morgan fingerprint density at radius 2 is 1.82 bits per heavy atom. The van der Waals surface area contributed by atoms with Gasteiger partial charge in [0.1, 0.15) is 5.60 Å². The minimum atomic E-state index is -0.353. The van der Waals surface area contributed by atoms with Crippen LogP contribution in [0.15, 0.2) is 0 Å². The van der Waals surface area contributed by atoms with E-state index < -0.39 is 0 Å². The van der Waals surface area contributed by atoms with Gasteiger partial charge in [-0.25, -0.2) is 0 Å². The molecule has 1 fully saturated rings. The number of rotatable bonds is 2. The molecule has 17 heavy (non-hydrogen) atoms. The number of hydrogen-bond donors (Lipinski definition) is 0. The van der Waals surface area contributed by atoms with Crippen molar-refractivity contribution in [1.82, 2.24) is 0 Å². The number of hydrogen-bond acceptors (Lipinski definition) is 2. The molecule has 0 bridgehead atoms. The first-order valence-corrected chi connectivity index (χ1v) is 7.75. The van der Waals surface area contributed by atoms with E-state index in [1.165, 1.54) is 0 Å². The first-order valence-electron chi connectivity index (χ1n) is 6.51. The van der Waals surface area contributed by atoms with Gasteiger partial charge in [-0.3, -0.25) is 4.79 Å². The zero-order valence-corrected chi connectivity index (χ0v) is 13.8. The third-order valence-electron chi connectivity index (χ3n) is 3.83. The van der Waals surface area contributed by atoms with Gasteiger partial charge in [-0.1, -0.05) is 36.4 Å². The first-order chi connectivity index (χ1) is 7.64. The smallest absolute Gasteiger partial charge is 0.309 e. The summed E-state index contributed by atoms with van der Waals surface area (Å²) in [5, 5.41) is 0. The van der Waals surface area contributed by atoms with E-state index in [2.05, 4.69) is 36.4 Å². The fourth-order valence-electron chi connectivity index (χ4n) is 2.30. The summed E-state index contributed by atoms with van der Waals surface area (Å²) in [6.07, 6.45) is 4.25. The molecule has 0 heterocycles. The second-order valence-corrected chi connectivity index (χ2v) is 8.45. The lowest BCUT2D eigenvalue weighted by molar-refractivity contribution is -0.161. The molecule has 100 valence electrons. The van der Waals surface area contributed by atoms with E-state index in [0.29, 0.717) is 9.34 Å². The maximum Gasteiger partial charge on any atom is 0.309 e. The van der Waals surface area contributed by atoms with Crippen LogP contribution in [-0.4, -0.2) is 15.5 Å². The van der Waals surface area contributed by atoms with Crippen molar-refractivity contribution in [2.75, 3.05) is 0 Å². The Morgan fingerprint density at radius 3 is 2.18 bits per heavy atom. The van der Waals surface area contributed by atoms with Crippen LogP contribution in [0.4, 0.5) is 0 Å². The lowest BCUT2D eigenvalue weighted by Gasteiger charge is -2.39. The zero-order chi connectivity index (χ0) is 13.3. The van der Waals surface area contributed by atoms with Gasteiger partial charge in [0.05, 0.1) is 5.92 Å². The van der Waals surface area contributed by atoms with Crippen LogP contribution >= 0.6 is 22.6 Å². The Hall–Kier alpha value is 0.200. The van der Waals surface area contributed by atoms with E-state index in [0.717, 1.165) is 25.7 Å². The van der Waals surface area contributed by atoms with Gasteiger partial charge in [-0.05, 0) is 51.9 Å². The van der Waals surface area contributed by atoms with Crippen molar-refractivity contribution in [1.29, 1.82) is 0 Å². The zero-order valence-electron chi connectivity index (χ0n) is 11.7. The molecular formula is C14H25IO2. The van der Waals surface area contributed by atoms with Gasteiger partial charge in [0.2, 0.25) is 0 Å². The quantitative estimate of drug-likeness (QED) is 0.420. The minimum absolute atomic E-state index is 0.000612. The summed E-state index contributed by atoms with van der Waals surface area (Å²) in [5.41, 5.74) is 0.0491. The van der Waals surface area contributed by atoms with Gasteiger partial charge in [0, 0.05) is 3.92 Å². The number of halogens is 1. The molecule has 0 N–H and O–H groups in total. The predicted octanol–water partition coefficient (Wildman–Crippen LogP) is 4.35. The van der Waals surface area contributed by atoms with E-state index in [1.54, 1.807) is 0 Å². The van der Waals surface area contributed by atoms with Crippen molar-refractivity contribution in [3.8, 4) is 0 Å². The van der Waals surface area contributed by atoms with Crippen LogP contribution in [0.2, 0.25) is 0 Å². The summed E-state index contributed by atoms with van der Waals surface area (Å²) in [4.78, 5) is 12.0. The van der Waals surface area contributed by atoms with Gasteiger partial charge in [0.25, 0.3) is 0 Å². The molecule has 1 aliphatic carbocycles. The monoisotopic (exact) mass is 352 g/mol. The largest absolute Gasteiger partial charge is 0.460 e. The molecule has 0 aromatic rings. The van der Waals surface area contributed by atoms with Crippen molar-refractivity contribution in [2.24, 2.45) is 11.3 Å². The van der Waals surface area contributed by atoms with Crippen molar-refractivity contribution in [3.63, 3.8) is 0 Å². The molecule has 0 saturated heterocycles. The van der Waals surface area contributed by atoms with Gasteiger partial charge >= 0.3 is 5.97 Å². The Kier molecular flexibility index (Phi) is 4.89. The summed E-state index contributed by atoms with van der Waals surface area (Å²) in [6, 6.07) is 0. The molecule has 1 aliphatic rings. The van der Waals surface area contributed by atoms with E-state index >= 15 is 0 Å². The van der Waals surface area contributed by atoms with Crippen LogP contribution in [0.5, 0.6) is 0 Å². The first kappa shape index (κ1) is 15.3. The average Bonchev–Trinajstić information content (AvgIpc) is 2.15. The van der Waals surface area contributed by atoms with Crippen LogP contribution in [-0.2, 0) is 9.53 Å². The second kappa shape index (κ2) is 5.45. The van der Waals surface area contributed by atoms with Crippen molar-refractivity contribution in [3.05, 3.63) is 0 Å². The number of ether oxygens (including phenoxy) is 1. The van der Waals surface area contributed by atoms with Gasteiger partial charge in [0.15, 0.2) is 0 Å². The van der Waals surface area contributed by atoms with E-state index in [-0.39, 0.29) is 17.5 Å². The molecule has 0 aromatic carbocycles. The lowest BCUT2D eigenvalue weighted by Crippen LogP contribution is -2.36. The molecular weight excluding hydrogens is 327 g/mol. The van der Waals surface area contributed by atoms with Crippen LogP contribution in [0.3, 0.4) is 0 Å². The molecule has 1 rings (SSSR count). The summed E-state index contributed by atoms with van der Waals surface area (Å²) >= 11 is 2.51. The van der Waals surface area contributed by atoms with Crippen LogP contribution in [0.1, 0.15) is 60.3 Å². The molecule has 0 aromatic heterocycles. The molecule has 0 amide bonds. The molecule has 1 saturated carbocycles. The standard InChI is InChI=1S/C14H25IO2/c1-10(15)14(5)8-6-11(7-9-14)12(16)17-13(2,3)4/h10-11H,6-9H2,1-5H3/t10-,11?,14?/m0/s1. The predicted molar refractivity (Wildman–Crippen MR) is 79.4 cm³/mol. The van der Waals surface area contributed by atoms with Crippen molar-refractivity contribution < 1.29 is 9.53 Å². The highest BCUT2D eigenvalue weighted by atomic mass is 127. The molecule has 1 atom stereocenters. The van der Waals surface area contributed by atoms with Crippen molar-refractivity contribution >= 4 is 28.6 Å². The molecule has 0 radical (unpaired) electrons. The molecule has 0 spiro atoms. The summed E-state index contributed by atoms with van der Waals surface area (Å²) in [5.74, 6) is 0.123. The highest BCUT2D eigenvalue weighted by Gasteiger charge is 2.38. The Labute approximate surface area is 119 Å². The second-order valence-electron chi connectivity index (χ2n) is 6.58. The summed E-state index contributed by atoms with van der Waals surface area (Å²) in [7, 11) is 0. The van der Waals surface area contributed by atoms with Crippen LogP contribution in [0, 0.1) is 11.3 Å². The Balaban J connectivity index is 2.50. The normalized spacial score (nSPS) is 32.0. The minimum Gasteiger partial charge on any atom is -0.460 e. The van der Waals surface area contributed by atoms with E-state index in [4.69, 9.17) is 4.74 Å². The Morgan fingerprint density at radius 1 is 1.35 bits per heavy atom. The third-order valence-corrected chi connectivity index (χ3v) is 5.33. The summed E-state index contributed by atoms with van der Waals surface area (Å²) in [6.45, 7) is 10.4. The number of carbonyl (C=O) groups is 1. The van der Waals surface area contributed by atoms with Gasteiger partial charge < -0.3 is 4.74 Å².